The fourth-order valence-electron chi connectivity index (χ4n) is 4.44. The minimum absolute atomic E-state index is 0.00868. The van der Waals surface area contributed by atoms with Crippen molar-refractivity contribution < 1.29 is 4.79 Å². The summed E-state index contributed by atoms with van der Waals surface area (Å²) in [6, 6.07) is 11.4. The molecule has 2 aliphatic rings. The number of pyridine rings is 1. The molecule has 0 saturated heterocycles. The van der Waals surface area contributed by atoms with Gasteiger partial charge in [0.1, 0.15) is 11.4 Å². The summed E-state index contributed by atoms with van der Waals surface area (Å²) in [5.74, 6) is -0.0838. The van der Waals surface area contributed by atoms with Crippen LogP contribution in [-0.4, -0.2) is 37.5 Å². The minimum atomic E-state index is -0.163. The molecule has 1 aromatic carbocycles. The van der Waals surface area contributed by atoms with Crippen molar-refractivity contribution in [3.8, 4) is 5.69 Å². The third-order valence-electron chi connectivity index (χ3n) is 6.39. The zero-order valence-electron chi connectivity index (χ0n) is 17.0. The fourth-order valence-corrected chi connectivity index (χ4v) is 4.57. The van der Waals surface area contributed by atoms with Crippen molar-refractivity contribution in [3.63, 3.8) is 0 Å². The molecule has 0 unspecified atom stereocenters. The largest absolute Gasteiger partial charge is 0.332 e. The van der Waals surface area contributed by atoms with Gasteiger partial charge >= 0.3 is 0 Å². The zero-order chi connectivity index (χ0) is 21.0. The highest BCUT2D eigenvalue weighted by atomic mass is 35.5. The molecule has 0 spiro atoms. The Hall–Kier alpha value is -2.86. The van der Waals surface area contributed by atoms with E-state index in [9.17, 15) is 9.59 Å². The number of rotatable bonds is 4. The molecule has 154 valence electrons. The smallest absolute Gasteiger partial charge is 0.275 e. The van der Waals surface area contributed by atoms with E-state index in [-0.39, 0.29) is 22.9 Å². The van der Waals surface area contributed by atoms with Gasteiger partial charge in [0.15, 0.2) is 0 Å². The van der Waals surface area contributed by atoms with Crippen LogP contribution in [0.4, 0.5) is 0 Å². The molecular formula is C23H23ClN4O2. The van der Waals surface area contributed by atoms with Gasteiger partial charge in [0.2, 0.25) is 0 Å². The number of aryl methyl sites for hydroxylation is 1. The monoisotopic (exact) mass is 422 g/mol. The molecule has 1 atom stereocenters. The summed E-state index contributed by atoms with van der Waals surface area (Å²) in [4.78, 5) is 32.6. The number of carbonyl (C=O) groups is 1. The maximum Gasteiger partial charge on any atom is 0.275 e. The first-order valence-electron chi connectivity index (χ1n) is 10.2. The maximum absolute atomic E-state index is 13.3. The van der Waals surface area contributed by atoms with Crippen molar-refractivity contribution >= 4 is 17.5 Å². The highest BCUT2D eigenvalue weighted by Crippen LogP contribution is 2.49. The Morgan fingerprint density at radius 3 is 2.50 bits per heavy atom. The second kappa shape index (κ2) is 6.84. The van der Waals surface area contributed by atoms with Crippen LogP contribution in [0, 0.1) is 6.92 Å². The number of nitrogens with zero attached hydrogens (tertiary/aromatic N) is 4. The molecule has 30 heavy (non-hydrogen) atoms. The van der Waals surface area contributed by atoms with Crippen LogP contribution in [-0.2, 0) is 12.0 Å². The van der Waals surface area contributed by atoms with Gasteiger partial charge < -0.3 is 14.0 Å². The van der Waals surface area contributed by atoms with Gasteiger partial charge in [-0.1, -0.05) is 23.7 Å². The Balaban J connectivity index is 1.46. The standard InChI is InChI=1S/C23H23ClN4O2/c1-15-11-26(14-25-15)19-7-8-20-22(30)28(16(2)12-27(20)21(19)29)13-23(9-10-23)17-3-5-18(24)6-4-17/h3-8,11,14,16H,9-10,12-13H2,1-2H3/t16-/m1/s1. The Morgan fingerprint density at radius 2 is 1.87 bits per heavy atom. The predicted octanol–water partition coefficient (Wildman–Crippen LogP) is 3.57. The van der Waals surface area contributed by atoms with Crippen molar-refractivity contribution in [2.24, 2.45) is 0 Å². The Morgan fingerprint density at radius 1 is 1.13 bits per heavy atom. The minimum Gasteiger partial charge on any atom is -0.332 e. The number of aromatic nitrogens is 3. The van der Waals surface area contributed by atoms with Crippen LogP contribution in [0.2, 0.25) is 5.02 Å². The molecule has 1 fully saturated rings. The van der Waals surface area contributed by atoms with Gasteiger partial charge in [-0.15, -0.1) is 0 Å². The van der Waals surface area contributed by atoms with E-state index in [0.717, 1.165) is 18.5 Å². The summed E-state index contributed by atoms with van der Waals surface area (Å²) in [5.41, 5.74) is 2.85. The van der Waals surface area contributed by atoms with Crippen molar-refractivity contribution in [1.29, 1.82) is 0 Å². The van der Waals surface area contributed by atoms with Crippen molar-refractivity contribution in [2.45, 2.75) is 44.7 Å². The highest BCUT2D eigenvalue weighted by molar-refractivity contribution is 6.30. The average Bonchev–Trinajstić information content (AvgIpc) is 3.39. The normalized spacial score (nSPS) is 19.6. The van der Waals surface area contributed by atoms with Gasteiger partial charge in [-0.3, -0.25) is 9.59 Å². The summed E-state index contributed by atoms with van der Waals surface area (Å²) < 4.78 is 3.32. The van der Waals surface area contributed by atoms with Crippen LogP contribution in [0.5, 0.6) is 0 Å². The predicted molar refractivity (Wildman–Crippen MR) is 115 cm³/mol. The lowest BCUT2D eigenvalue weighted by Crippen LogP contribution is -2.52. The third kappa shape index (κ3) is 3.06. The lowest BCUT2D eigenvalue weighted by Gasteiger charge is -2.38. The van der Waals surface area contributed by atoms with E-state index in [0.29, 0.717) is 29.5 Å². The summed E-state index contributed by atoms with van der Waals surface area (Å²) in [5, 5.41) is 0.717. The first-order valence-corrected chi connectivity index (χ1v) is 10.6. The Bertz CT molecular complexity index is 1190. The number of hydrogen-bond donors (Lipinski definition) is 0. The van der Waals surface area contributed by atoms with Crippen LogP contribution in [0.25, 0.3) is 5.69 Å². The molecule has 1 saturated carbocycles. The third-order valence-corrected chi connectivity index (χ3v) is 6.64. The number of benzene rings is 1. The second-order valence-electron chi connectivity index (χ2n) is 8.51. The number of carbonyl (C=O) groups excluding carboxylic acids is 1. The van der Waals surface area contributed by atoms with E-state index < -0.39 is 0 Å². The molecule has 3 aromatic rings. The first-order chi connectivity index (χ1) is 14.4. The number of hydrogen-bond acceptors (Lipinski definition) is 3. The highest BCUT2D eigenvalue weighted by Gasteiger charge is 2.48. The van der Waals surface area contributed by atoms with Gasteiger partial charge in [-0.25, -0.2) is 4.98 Å². The van der Waals surface area contributed by atoms with Crippen LogP contribution >= 0.6 is 11.6 Å². The van der Waals surface area contributed by atoms with Crippen molar-refractivity contribution in [3.05, 3.63) is 81.3 Å². The molecule has 1 aliphatic carbocycles. The van der Waals surface area contributed by atoms with E-state index in [1.165, 1.54) is 5.56 Å². The summed E-state index contributed by atoms with van der Waals surface area (Å²) >= 11 is 6.05. The number of fused-ring (bicyclic) bond motifs is 1. The zero-order valence-corrected chi connectivity index (χ0v) is 17.8. The Kier molecular flexibility index (Phi) is 4.36. The number of amides is 1. The molecule has 5 rings (SSSR count). The molecule has 7 heteroatoms. The average molecular weight is 423 g/mol. The second-order valence-corrected chi connectivity index (χ2v) is 8.95. The summed E-state index contributed by atoms with van der Waals surface area (Å²) in [6.07, 6.45) is 5.54. The molecule has 3 heterocycles. The van der Waals surface area contributed by atoms with E-state index in [1.54, 1.807) is 27.6 Å². The lowest BCUT2D eigenvalue weighted by atomic mass is 9.94. The molecule has 1 amide bonds. The summed E-state index contributed by atoms with van der Waals surface area (Å²) in [6.45, 7) is 5.03. The van der Waals surface area contributed by atoms with E-state index in [1.807, 2.05) is 37.1 Å². The van der Waals surface area contributed by atoms with Gasteiger partial charge in [-0.2, -0.15) is 0 Å². The SMILES string of the molecule is Cc1cn(-c2ccc3n(c2=O)C[C@@H](C)N(CC2(c4ccc(Cl)cc4)CC2)C3=O)cn1. The van der Waals surface area contributed by atoms with E-state index >= 15 is 0 Å². The van der Waals surface area contributed by atoms with Gasteiger partial charge in [0.25, 0.3) is 11.5 Å². The first kappa shape index (κ1) is 19.1. The van der Waals surface area contributed by atoms with E-state index in [2.05, 4.69) is 17.1 Å². The van der Waals surface area contributed by atoms with Gasteiger partial charge in [0, 0.05) is 35.8 Å². The molecule has 6 nitrogen and oxygen atoms in total. The molecule has 2 aromatic heterocycles. The van der Waals surface area contributed by atoms with Crippen LogP contribution in [0.1, 0.15) is 41.5 Å². The molecular weight excluding hydrogens is 400 g/mol. The lowest BCUT2D eigenvalue weighted by molar-refractivity contribution is 0.0584. The molecule has 0 bridgehead atoms. The van der Waals surface area contributed by atoms with Crippen molar-refractivity contribution in [1.82, 2.24) is 19.0 Å². The van der Waals surface area contributed by atoms with Gasteiger partial charge in [-0.05, 0) is 56.5 Å². The fraction of sp³-hybridized carbons (Fsp3) is 0.348. The van der Waals surface area contributed by atoms with Crippen molar-refractivity contribution in [2.75, 3.05) is 6.54 Å². The quantitative estimate of drug-likeness (QED) is 0.645. The maximum atomic E-state index is 13.3. The molecule has 0 N–H and O–H groups in total. The van der Waals surface area contributed by atoms with Crippen LogP contribution in [0.3, 0.4) is 0 Å². The topological polar surface area (TPSA) is 60.1 Å². The van der Waals surface area contributed by atoms with Crippen LogP contribution in [0.15, 0.2) is 53.7 Å². The molecule has 1 aliphatic heterocycles. The number of halogens is 1. The van der Waals surface area contributed by atoms with Gasteiger partial charge in [0.05, 0.1) is 12.0 Å². The summed E-state index contributed by atoms with van der Waals surface area (Å²) in [7, 11) is 0. The van der Waals surface area contributed by atoms with E-state index in [4.69, 9.17) is 11.6 Å². The van der Waals surface area contributed by atoms with Crippen LogP contribution < -0.4 is 5.56 Å². The Labute approximate surface area is 179 Å². The number of imidazole rings is 1. The molecule has 0 radical (unpaired) electrons.